The molecule has 0 unspecified atom stereocenters. The quantitative estimate of drug-likeness (QED) is 0.868. The van der Waals surface area contributed by atoms with Crippen LogP contribution >= 0.6 is 0 Å². The zero-order valence-corrected chi connectivity index (χ0v) is 11.2. The van der Waals surface area contributed by atoms with E-state index < -0.39 is 17.5 Å². The fourth-order valence-corrected chi connectivity index (χ4v) is 1.75. The van der Waals surface area contributed by atoms with Crippen LogP contribution < -0.4 is 5.32 Å². The smallest absolute Gasteiger partial charge is 0.170 e. The van der Waals surface area contributed by atoms with E-state index in [1.807, 2.05) is 6.92 Å². The molecule has 1 N–H and O–H groups in total. The Bertz CT molecular complexity index is 629. The van der Waals surface area contributed by atoms with E-state index in [2.05, 4.69) is 15.3 Å². The largest absolute Gasteiger partial charge is 0.370 e. The summed E-state index contributed by atoms with van der Waals surface area (Å²) in [4.78, 5) is 8.12. The molecule has 0 fully saturated rings. The monoisotopic (exact) mass is 281 g/mol. The first kappa shape index (κ1) is 14.3. The lowest BCUT2D eigenvalue weighted by atomic mass is 10.1. The fourth-order valence-electron chi connectivity index (χ4n) is 1.75. The molecule has 0 saturated heterocycles. The highest BCUT2D eigenvalue weighted by Gasteiger charge is 2.16. The normalized spacial score (nSPS) is 10.7. The Morgan fingerprint density at radius 2 is 1.85 bits per heavy atom. The number of hydrogen-bond acceptors (Lipinski definition) is 3. The first-order valence-electron chi connectivity index (χ1n) is 6.25. The van der Waals surface area contributed by atoms with Gasteiger partial charge >= 0.3 is 0 Å². The molecule has 106 valence electrons. The number of rotatable bonds is 4. The zero-order valence-electron chi connectivity index (χ0n) is 11.2. The zero-order chi connectivity index (χ0) is 14.7. The molecule has 1 aromatic heterocycles. The maximum atomic E-state index is 13.7. The number of aromatic nitrogens is 2. The number of halogens is 3. The molecule has 0 atom stereocenters. The van der Waals surface area contributed by atoms with Crippen LogP contribution in [0.1, 0.15) is 19.0 Å². The van der Waals surface area contributed by atoms with Crippen LogP contribution in [0.3, 0.4) is 0 Å². The third kappa shape index (κ3) is 3.07. The Morgan fingerprint density at radius 1 is 1.10 bits per heavy atom. The van der Waals surface area contributed by atoms with Gasteiger partial charge in [0.05, 0.1) is 5.56 Å². The molecule has 0 aliphatic heterocycles. The molecule has 2 aromatic rings. The minimum Gasteiger partial charge on any atom is -0.370 e. The van der Waals surface area contributed by atoms with Crippen LogP contribution in [-0.2, 0) is 0 Å². The minimum atomic E-state index is -1.26. The standard InChI is InChI=1S/C14H14F3N3/c1-3-4-18-12-5-8(2)19-14(20-12)10-6-9(15)7-11(16)13(10)17/h5-7H,3-4H2,1-2H3,(H,18,19,20). The van der Waals surface area contributed by atoms with E-state index in [1.165, 1.54) is 0 Å². The van der Waals surface area contributed by atoms with Crippen molar-refractivity contribution >= 4 is 5.82 Å². The van der Waals surface area contributed by atoms with Crippen molar-refractivity contribution in [2.24, 2.45) is 0 Å². The van der Waals surface area contributed by atoms with Gasteiger partial charge in [-0.2, -0.15) is 0 Å². The highest BCUT2D eigenvalue weighted by molar-refractivity contribution is 5.58. The predicted molar refractivity (Wildman–Crippen MR) is 70.9 cm³/mol. The molecule has 0 spiro atoms. The topological polar surface area (TPSA) is 37.8 Å². The van der Waals surface area contributed by atoms with Gasteiger partial charge in [0.25, 0.3) is 0 Å². The number of benzene rings is 1. The van der Waals surface area contributed by atoms with Crippen LogP contribution in [0.2, 0.25) is 0 Å². The van der Waals surface area contributed by atoms with Crippen molar-refractivity contribution < 1.29 is 13.2 Å². The van der Waals surface area contributed by atoms with Crippen molar-refractivity contribution in [2.75, 3.05) is 11.9 Å². The van der Waals surface area contributed by atoms with Crippen molar-refractivity contribution in [2.45, 2.75) is 20.3 Å². The SMILES string of the molecule is CCCNc1cc(C)nc(-c2cc(F)cc(F)c2F)n1. The highest BCUT2D eigenvalue weighted by Crippen LogP contribution is 2.24. The van der Waals surface area contributed by atoms with E-state index in [-0.39, 0.29) is 11.4 Å². The van der Waals surface area contributed by atoms with Gasteiger partial charge in [0, 0.05) is 24.4 Å². The molecule has 2 rings (SSSR count). The lowest BCUT2D eigenvalue weighted by Crippen LogP contribution is -2.05. The van der Waals surface area contributed by atoms with Crippen molar-refractivity contribution in [3.63, 3.8) is 0 Å². The first-order valence-corrected chi connectivity index (χ1v) is 6.25. The maximum Gasteiger partial charge on any atom is 0.170 e. The van der Waals surface area contributed by atoms with E-state index in [0.717, 1.165) is 12.5 Å². The van der Waals surface area contributed by atoms with E-state index in [9.17, 15) is 13.2 Å². The van der Waals surface area contributed by atoms with Crippen LogP contribution in [-0.4, -0.2) is 16.5 Å². The summed E-state index contributed by atoms with van der Waals surface area (Å²) in [6, 6.07) is 3.06. The second-order valence-corrected chi connectivity index (χ2v) is 4.39. The second-order valence-electron chi connectivity index (χ2n) is 4.39. The molecule has 0 aliphatic rings. The van der Waals surface area contributed by atoms with Crippen molar-refractivity contribution in [3.05, 3.63) is 41.3 Å². The lowest BCUT2D eigenvalue weighted by Gasteiger charge is -2.09. The molecular weight excluding hydrogens is 267 g/mol. The van der Waals surface area contributed by atoms with E-state index in [0.29, 0.717) is 24.1 Å². The molecule has 0 amide bonds. The molecule has 20 heavy (non-hydrogen) atoms. The van der Waals surface area contributed by atoms with Crippen LogP contribution in [0.25, 0.3) is 11.4 Å². The molecular formula is C14H14F3N3. The highest BCUT2D eigenvalue weighted by atomic mass is 19.2. The molecule has 1 heterocycles. The van der Waals surface area contributed by atoms with Crippen LogP contribution in [0.4, 0.5) is 19.0 Å². The lowest BCUT2D eigenvalue weighted by molar-refractivity contribution is 0.497. The van der Waals surface area contributed by atoms with Crippen LogP contribution in [0.15, 0.2) is 18.2 Å². The number of hydrogen-bond donors (Lipinski definition) is 1. The van der Waals surface area contributed by atoms with E-state index in [1.54, 1.807) is 13.0 Å². The fraction of sp³-hybridized carbons (Fsp3) is 0.286. The van der Waals surface area contributed by atoms with Gasteiger partial charge in [0.15, 0.2) is 17.5 Å². The summed E-state index contributed by atoms with van der Waals surface area (Å²) in [6.07, 6.45) is 0.890. The van der Waals surface area contributed by atoms with Crippen LogP contribution in [0.5, 0.6) is 0 Å². The number of nitrogens with zero attached hydrogens (tertiary/aromatic N) is 2. The average Bonchev–Trinajstić information content (AvgIpc) is 2.40. The summed E-state index contributed by atoms with van der Waals surface area (Å²) in [5, 5.41) is 3.03. The molecule has 0 aliphatic carbocycles. The predicted octanol–water partition coefficient (Wildman–Crippen LogP) is 3.69. The van der Waals surface area contributed by atoms with Gasteiger partial charge in [-0.25, -0.2) is 23.1 Å². The third-order valence-electron chi connectivity index (χ3n) is 2.64. The summed E-state index contributed by atoms with van der Waals surface area (Å²) < 4.78 is 40.2. The molecule has 6 heteroatoms. The summed E-state index contributed by atoms with van der Waals surface area (Å²) >= 11 is 0. The van der Waals surface area contributed by atoms with E-state index in [4.69, 9.17) is 0 Å². The number of anilines is 1. The van der Waals surface area contributed by atoms with Gasteiger partial charge in [0.1, 0.15) is 11.6 Å². The van der Waals surface area contributed by atoms with Gasteiger partial charge in [-0.15, -0.1) is 0 Å². The molecule has 0 saturated carbocycles. The van der Waals surface area contributed by atoms with Gasteiger partial charge in [-0.1, -0.05) is 6.92 Å². The summed E-state index contributed by atoms with van der Waals surface area (Å²) in [5.74, 6) is -2.82. The van der Waals surface area contributed by atoms with Gasteiger partial charge in [0.2, 0.25) is 0 Å². The van der Waals surface area contributed by atoms with Crippen LogP contribution in [0, 0.1) is 24.4 Å². The Balaban J connectivity index is 2.49. The second kappa shape index (κ2) is 5.90. The Hall–Kier alpha value is -2.11. The number of nitrogens with one attached hydrogen (secondary N) is 1. The Labute approximate surface area is 114 Å². The molecule has 0 radical (unpaired) electrons. The molecule has 1 aromatic carbocycles. The van der Waals surface area contributed by atoms with Crippen molar-refractivity contribution in [3.8, 4) is 11.4 Å². The summed E-state index contributed by atoms with van der Waals surface area (Å²) in [5.41, 5.74) is 0.295. The summed E-state index contributed by atoms with van der Waals surface area (Å²) in [6.45, 7) is 4.38. The Morgan fingerprint density at radius 3 is 2.55 bits per heavy atom. The van der Waals surface area contributed by atoms with Crippen molar-refractivity contribution in [1.29, 1.82) is 0 Å². The maximum absolute atomic E-state index is 13.7. The Kier molecular flexibility index (Phi) is 4.22. The first-order chi connectivity index (χ1) is 9.51. The van der Waals surface area contributed by atoms with Crippen molar-refractivity contribution in [1.82, 2.24) is 9.97 Å². The minimum absolute atomic E-state index is 0.0421. The average molecular weight is 281 g/mol. The number of aryl methyl sites for hydroxylation is 1. The summed E-state index contributed by atoms with van der Waals surface area (Å²) in [7, 11) is 0. The van der Waals surface area contributed by atoms with Gasteiger partial charge in [-0.3, -0.25) is 0 Å². The van der Waals surface area contributed by atoms with E-state index >= 15 is 0 Å². The third-order valence-corrected chi connectivity index (χ3v) is 2.64. The molecule has 0 bridgehead atoms. The van der Waals surface area contributed by atoms with Gasteiger partial charge < -0.3 is 5.32 Å². The molecule has 3 nitrogen and oxygen atoms in total. The van der Waals surface area contributed by atoms with Gasteiger partial charge in [-0.05, 0) is 19.4 Å².